The fourth-order valence-corrected chi connectivity index (χ4v) is 2.03. The molecule has 0 aliphatic carbocycles. The minimum Gasteiger partial charge on any atom is -0.435 e. The second kappa shape index (κ2) is 8.01. The fraction of sp³-hybridized carbons (Fsp3) is 0.462. The molecule has 1 aromatic carbocycles. The van der Waals surface area contributed by atoms with Gasteiger partial charge >= 0.3 is 6.61 Å². The summed E-state index contributed by atoms with van der Waals surface area (Å²) in [5.74, 6) is -0.150. The third-order valence-electron chi connectivity index (χ3n) is 2.97. The van der Waals surface area contributed by atoms with E-state index >= 15 is 0 Å². The van der Waals surface area contributed by atoms with Crippen molar-refractivity contribution in [2.24, 2.45) is 0 Å². The highest BCUT2D eigenvalue weighted by Gasteiger charge is 2.16. The van der Waals surface area contributed by atoms with Crippen LogP contribution < -0.4 is 15.4 Å². The number of carbonyl (C=O) groups excluding carboxylic acids is 1. The normalized spacial score (nSPS) is 18.2. The van der Waals surface area contributed by atoms with Crippen molar-refractivity contribution < 1.29 is 18.3 Å². The SMILES string of the molecule is Cl.O=C(N[C@@H]1CCCNC1)c1ccc(OC(F)F)cc1. The van der Waals surface area contributed by atoms with E-state index in [0.717, 1.165) is 25.9 Å². The van der Waals surface area contributed by atoms with Gasteiger partial charge in [0.15, 0.2) is 0 Å². The summed E-state index contributed by atoms with van der Waals surface area (Å²) in [5, 5.41) is 6.11. The van der Waals surface area contributed by atoms with E-state index < -0.39 is 6.61 Å². The smallest absolute Gasteiger partial charge is 0.387 e. The molecule has 0 spiro atoms. The fourth-order valence-electron chi connectivity index (χ4n) is 2.03. The molecule has 1 aliphatic rings. The van der Waals surface area contributed by atoms with Crippen LogP contribution in [0, 0.1) is 0 Å². The molecule has 1 atom stereocenters. The van der Waals surface area contributed by atoms with Gasteiger partial charge in [0.1, 0.15) is 5.75 Å². The molecule has 20 heavy (non-hydrogen) atoms. The highest BCUT2D eigenvalue weighted by atomic mass is 35.5. The maximum absolute atomic E-state index is 12.0. The van der Waals surface area contributed by atoms with E-state index in [0.29, 0.717) is 5.56 Å². The maximum Gasteiger partial charge on any atom is 0.387 e. The van der Waals surface area contributed by atoms with Crippen LogP contribution in [0.4, 0.5) is 8.78 Å². The molecule has 1 heterocycles. The van der Waals surface area contributed by atoms with Gasteiger partial charge in [-0.15, -0.1) is 12.4 Å². The highest BCUT2D eigenvalue weighted by Crippen LogP contribution is 2.15. The zero-order valence-electron chi connectivity index (χ0n) is 10.8. The summed E-state index contributed by atoms with van der Waals surface area (Å²) in [4.78, 5) is 11.9. The van der Waals surface area contributed by atoms with Crippen molar-refractivity contribution in [1.29, 1.82) is 0 Å². The molecule has 4 nitrogen and oxygen atoms in total. The summed E-state index contributed by atoms with van der Waals surface area (Å²) in [6.45, 7) is -1.11. The maximum atomic E-state index is 12.0. The van der Waals surface area contributed by atoms with Gasteiger partial charge < -0.3 is 15.4 Å². The lowest BCUT2D eigenvalue weighted by molar-refractivity contribution is -0.0498. The number of nitrogens with one attached hydrogen (secondary N) is 2. The second-order valence-corrected chi connectivity index (χ2v) is 4.42. The zero-order chi connectivity index (χ0) is 13.7. The first kappa shape index (κ1) is 16.7. The number of hydrogen-bond donors (Lipinski definition) is 2. The van der Waals surface area contributed by atoms with Crippen LogP contribution in [0.2, 0.25) is 0 Å². The molecule has 112 valence electrons. The van der Waals surface area contributed by atoms with E-state index in [9.17, 15) is 13.6 Å². The van der Waals surface area contributed by atoms with Crippen molar-refractivity contribution in [1.82, 2.24) is 10.6 Å². The number of carbonyl (C=O) groups is 1. The lowest BCUT2D eigenvalue weighted by Gasteiger charge is -2.23. The monoisotopic (exact) mass is 306 g/mol. The first-order chi connectivity index (χ1) is 9.15. The molecule has 1 saturated heterocycles. The van der Waals surface area contributed by atoms with Crippen molar-refractivity contribution in [3.05, 3.63) is 29.8 Å². The molecule has 0 aromatic heterocycles. The van der Waals surface area contributed by atoms with E-state index in [4.69, 9.17) is 0 Å². The molecule has 1 amide bonds. The number of hydrogen-bond acceptors (Lipinski definition) is 3. The number of halogens is 3. The van der Waals surface area contributed by atoms with Gasteiger partial charge in [0.25, 0.3) is 5.91 Å². The summed E-state index contributed by atoms with van der Waals surface area (Å²) >= 11 is 0. The Balaban J connectivity index is 0.00000200. The summed E-state index contributed by atoms with van der Waals surface area (Å²) in [7, 11) is 0. The molecule has 0 unspecified atom stereocenters. The third kappa shape index (κ3) is 4.94. The summed E-state index contributed by atoms with van der Waals surface area (Å²) < 4.78 is 28.2. The van der Waals surface area contributed by atoms with Gasteiger partial charge in [-0.25, -0.2) is 0 Å². The number of benzene rings is 1. The molecule has 2 N–H and O–H groups in total. The number of rotatable bonds is 4. The zero-order valence-corrected chi connectivity index (χ0v) is 11.6. The number of ether oxygens (including phenoxy) is 1. The summed E-state index contributed by atoms with van der Waals surface area (Å²) in [6, 6.07) is 5.80. The van der Waals surface area contributed by atoms with Gasteiger partial charge in [0, 0.05) is 18.2 Å². The standard InChI is InChI=1S/C13H16F2N2O2.ClH/c14-13(15)19-11-5-3-9(4-6-11)12(18)17-10-2-1-7-16-8-10;/h3-6,10,13,16H,1-2,7-8H2,(H,17,18);1H/t10-;/m1./s1. The Morgan fingerprint density at radius 1 is 1.35 bits per heavy atom. The molecule has 0 saturated carbocycles. The largest absolute Gasteiger partial charge is 0.435 e. The van der Waals surface area contributed by atoms with Crippen molar-refractivity contribution >= 4 is 18.3 Å². The highest BCUT2D eigenvalue weighted by molar-refractivity contribution is 5.94. The second-order valence-electron chi connectivity index (χ2n) is 4.42. The molecule has 1 aliphatic heterocycles. The van der Waals surface area contributed by atoms with Crippen LogP contribution in [0.5, 0.6) is 5.75 Å². The van der Waals surface area contributed by atoms with Crippen molar-refractivity contribution in [3.8, 4) is 5.75 Å². The minimum absolute atomic E-state index is 0. The molecular weight excluding hydrogens is 290 g/mol. The van der Waals surface area contributed by atoms with Gasteiger partial charge in [-0.1, -0.05) is 0 Å². The van der Waals surface area contributed by atoms with Crippen LogP contribution in [-0.2, 0) is 0 Å². The van der Waals surface area contributed by atoms with E-state index in [1.807, 2.05) is 0 Å². The Morgan fingerprint density at radius 3 is 2.60 bits per heavy atom. The number of piperidine rings is 1. The predicted molar refractivity (Wildman–Crippen MR) is 73.7 cm³/mol. The van der Waals surface area contributed by atoms with Gasteiger partial charge in [0.2, 0.25) is 0 Å². The predicted octanol–water partition coefficient (Wildman–Crippen LogP) is 2.19. The van der Waals surface area contributed by atoms with Crippen LogP contribution in [0.1, 0.15) is 23.2 Å². The van der Waals surface area contributed by atoms with E-state index in [1.165, 1.54) is 24.3 Å². The van der Waals surface area contributed by atoms with Crippen molar-refractivity contribution in [3.63, 3.8) is 0 Å². The van der Waals surface area contributed by atoms with E-state index in [-0.39, 0.29) is 30.1 Å². The van der Waals surface area contributed by atoms with E-state index in [1.54, 1.807) is 0 Å². The molecule has 1 aromatic rings. The Bertz CT molecular complexity index is 423. The number of alkyl halides is 2. The lowest BCUT2D eigenvalue weighted by atomic mass is 10.1. The van der Waals surface area contributed by atoms with Crippen LogP contribution in [0.3, 0.4) is 0 Å². The Hall–Kier alpha value is -1.40. The van der Waals surface area contributed by atoms with Gasteiger partial charge in [-0.05, 0) is 43.7 Å². The van der Waals surface area contributed by atoms with Crippen molar-refractivity contribution in [2.45, 2.75) is 25.5 Å². The quantitative estimate of drug-likeness (QED) is 0.896. The Kier molecular flexibility index (Phi) is 6.67. The van der Waals surface area contributed by atoms with Crippen LogP contribution in [0.15, 0.2) is 24.3 Å². The molecular formula is C13H17ClF2N2O2. The van der Waals surface area contributed by atoms with Gasteiger partial charge in [-0.2, -0.15) is 8.78 Å². The molecule has 0 radical (unpaired) electrons. The first-order valence-corrected chi connectivity index (χ1v) is 6.21. The van der Waals surface area contributed by atoms with Crippen LogP contribution in [0.25, 0.3) is 0 Å². The van der Waals surface area contributed by atoms with Gasteiger partial charge in [-0.3, -0.25) is 4.79 Å². The first-order valence-electron chi connectivity index (χ1n) is 6.21. The topological polar surface area (TPSA) is 50.4 Å². The average molecular weight is 307 g/mol. The Labute approximate surface area is 122 Å². The van der Waals surface area contributed by atoms with Crippen LogP contribution in [-0.4, -0.2) is 31.7 Å². The lowest BCUT2D eigenvalue weighted by Crippen LogP contribution is -2.45. The molecule has 2 rings (SSSR count). The Morgan fingerprint density at radius 2 is 2.05 bits per heavy atom. The van der Waals surface area contributed by atoms with Crippen molar-refractivity contribution in [2.75, 3.05) is 13.1 Å². The van der Waals surface area contributed by atoms with E-state index in [2.05, 4.69) is 15.4 Å². The minimum atomic E-state index is -2.85. The van der Waals surface area contributed by atoms with Crippen LogP contribution >= 0.6 is 12.4 Å². The third-order valence-corrected chi connectivity index (χ3v) is 2.97. The summed E-state index contributed by atoms with van der Waals surface area (Å²) in [5.41, 5.74) is 0.437. The summed E-state index contributed by atoms with van der Waals surface area (Å²) in [6.07, 6.45) is 1.98. The average Bonchev–Trinajstić information content (AvgIpc) is 2.40. The number of amides is 1. The molecule has 7 heteroatoms. The van der Waals surface area contributed by atoms with Gasteiger partial charge in [0.05, 0.1) is 0 Å². The molecule has 1 fully saturated rings. The molecule has 0 bridgehead atoms.